The van der Waals surface area contributed by atoms with E-state index in [0.29, 0.717) is 31.0 Å². The van der Waals surface area contributed by atoms with Gasteiger partial charge in [0, 0.05) is 19.2 Å². The van der Waals surface area contributed by atoms with Gasteiger partial charge in [0.1, 0.15) is 23.5 Å². The maximum absolute atomic E-state index is 12.0. The third-order valence-electron chi connectivity index (χ3n) is 3.93. The number of imidazole rings is 1. The average Bonchev–Trinajstić information content (AvgIpc) is 2.88. The number of aromatic nitrogens is 2. The topological polar surface area (TPSA) is 61.2 Å². The first-order valence-corrected chi connectivity index (χ1v) is 9.18. The molecule has 6 heteroatoms. The number of rotatable bonds is 7. The highest BCUT2D eigenvalue weighted by atomic mass is 32.2. The van der Waals surface area contributed by atoms with Crippen LogP contribution in [0.5, 0.6) is 0 Å². The van der Waals surface area contributed by atoms with Crippen molar-refractivity contribution in [3.63, 3.8) is 0 Å². The van der Waals surface area contributed by atoms with Gasteiger partial charge in [-0.1, -0.05) is 24.0 Å². The Kier molecular flexibility index (Phi) is 6.57. The Labute approximate surface area is 129 Å². The molecule has 0 saturated carbocycles. The lowest BCUT2D eigenvalue weighted by Crippen LogP contribution is -2.43. The van der Waals surface area contributed by atoms with E-state index in [0.717, 1.165) is 38.1 Å². The molecule has 0 unspecified atom stereocenters. The Morgan fingerprint density at radius 2 is 2.05 bits per heavy atom. The molecule has 0 spiro atoms. The smallest absolute Gasteiger partial charge is 0.222 e. The lowest BCUT2D eigenvalue weighted by atomic mass is 10.1. The molecule has 1 saturated heterocycles. The summed E-state index contributed by atoms with van der Waals surface area (Å²) < 4.78 is 13.4. The summed E-state index contributed by atoms with van der Waals surface area (Å²) in [6.07, 6.45) is 9.65. The maximum Gasteiger partial charge on any atom is 0.222 e. The molecule has 1 aromatic heterocycles. The number of aryl methyl sites for hydroxylation is 2. The Morgan fingerprint density at radius 3 is 2.71 bits per heavy atom. The van der Waals surface area contributed by atoms with E-state index in [4.69, 9.17) is 0 Å². The van der Waals surface area contributed by atoms with Gasteiger partial charge in [-0.05, 0) is 19.8 Å². The summed E-state index contributed by atoms with van der Waals surface area (Å²) in [6.45, 7) is 4.30. The van der Waals surface area contributed by atoms with Crippen molar-refractivity contribution in [3.05, 3.63) is 18.2 Å². The summed E-state index contributed by atoms with van der Waals surface area (Å²) in [5.74, 6) is 2.53. The second-order valence-corrected chi connectivity index (χ2v) is 7.20. The lowest BCUT2D eigenvalue weighted by Gasteiger charge is -2.28. The second-order valence-electron chi connectivity index (χ2n) is 5.50. The standard InChI is InChI=1S/C15H24N3O2S/c1-14-16-7-9-17(14)8-5-3-2-4-6-15(19)18-10-12-21(20)13-11-18/h9H,2-6,8,10-13H2,1H3. The van der Waals surface area contributed by atoms with Crippen molar-refractivity contribution >= 4 is 17.1 Å². The number of carbonyl (C=O) groups excluding carboxylic acids is 1. The van der Waals surface area contributed by atoms with E-state index in [2.05, 4.69) is 15.7 Å². The van der Waals surface area contributed by atoms with E-state index in [9.17, 15) is 9.35 Å². The fourth-order valence-corrected chi connectivity index (χ4v) is 3.59. The average molecular weight is 310 g/mol. The largest absolute Gasteiger partial charge is 0.616 e. The minimum atomic E-state index is -0.708. The highest BCUT2D eigenvalue weighted by Gasteiger charge is 2.22. The Balaban J connectivity index is 1.51. The molecule has 2 rings (SSSR count). The maximum atomic E-state index is 12.0. The number of amides is 1. The molecule has 0 N–H and O–H groups in total. The first-order chi connectivity index (χ1) is 10.2. The van der Waals surface area contributed by atoms with Crippen molar-refractivity contribution in [2.45, 2.75) is 45.6 Å². The van der Waals surface area contributed by atoms with Crippen molar-refractivity contribution in [2.75, 3.05) is 24.6 Å². The van der Waals surface area contributed by atoms with E-state index in [-0.39, 0.29) is 5.91 Å². The van der Waals surface area contributed by atoms with Gasteiger partial charge in [-0.2, -0.15) is 0 Å². The Bertz CT molecular complexity index is 442. The molecule has 1 fully saturated rings. The molecular formula is C15H24N3O2S. The van der Waals surface area contributed by atoms with Crippen LogP contribution in [-0.2, 0) is 22.5 Å². The quantitative estimate of drug-likeness (QED) is 0.567. The van der Waals surface area contributed by atoms with Crippen LogP contribution in [-0.4, -0.2) is 49.5 Å². The Morgan fingerprint density at radius 1 is 1.33 bits per heavy atom. The van der Waals surface area contributed by atoms with Crippen LogP contribution in [0.1, 0.15) is 37.9 Å². The van der Waals surface area contributed by atoms with E-state index >= 15 is 0 Å². The molecule has 2 heterocycles. The summed E-state index contributed by atoms with van der Waals surface area (Å²) in [4.78, 5) is 17.9. The van der Waals surface area contributed by atoms with Gasteiger partial charge in [-0.25, -0.2) is 4.98 Å². The number of nitrogens with zero attached hydrogens (tertiary/aromatic N) is 3. The fourth-order valence-electron chi connectivity index (χ4n) is 2.53. The van der Waals surface area contributed by atoms with E-state index in [1.807, 2.05) is 18.0 Å². The highest BCUT2D eigenvalue weighted by Crippen LogP contribution is 2.10. The zero-order valence-corrected chi connectivity index (χ0v) is 13.5. The molecule has 5 nitrogen and oxygen atoms in total. The summed E-state index contributed by atoms with van der Waals surface area (Å²) in [5, 5.41) is 0. The zero-order chi connectivity index (χ0) is 15.1. The SMILES string of the molecule is Cc1n[c]cn1CCCCCCC(=O)N1CC[S+]([O-])CC1. The minimum Gasteiger partial charge on any atom is -0.616 e. The van der Waals surface area contributed by atoms with Gasteiger partial charge < -0.3 is 14.0 Å². The van der Waals surface area contributed by atoms with E-state index in [1.165, 1.54) is 0 Å². The molecule has 0 atom stereocenters. The first-order valence-electron chi connectivity index (χ1n) is 7.69. The fraction of sp³-hybridized carbons (Fsp3) is 0.733. The van der Waals surface area contributed by atoms with Crippen molar-refractivity contribution < 1.29 is 9.35 Å². The van der Waals surface area contributed by atoms with Crippen molar-refractivity contribution in [1.82, 2.24) is 14.5 Å². The summed E-state index contributed by atoms with van der Waals surface area (Å²) >= 11 is -0.708. The molecule has 117 valence electrons. The predicted octanol–water partition coefficient (Wildman–Crippen LogP) is 1.53. The molecule has 1 radical (unpaired) electrons. The van der Waals surface area contributed by atoms with Crippen LogP contribution in [0, 0.1) is 13.1 Å². The Hall–Kier alpha value is -1.01. The zero-order valence-electron chi connectivity index (χ0n) is 12.7. The van der Waals surface area contributed by atoms with Gasteiger partial charge in [-0.15, -0.1) is 0 Å². The molecule has 1 amide bonds. The highest BCUT2D eigenvalue weighted by molar-refractivity contribution is 7.91. The molecule has 0 aromatic carbocycles. The minimum absolute atomic E-state index is 0.228. The van der Waals surface area contributed by atoms with Gasteiger partial charge in [0.25, 0.3) is 0 Å². The summed E-state index contributed by atoms with van der Waals surface area (Å²) in [7, 11) is 0. The third-order valence-corrected chi connectivity index (χ3v) is 5.20. The van der Waals surface area contributed by atoms with E-state index in [1.54, 1.807) is 0 Å². The van der Waals surface area contributed by atoms with Crippen LogP contribution in [0.4, 0.5) is 0 Å². The molecule has 1 aromatic rings. The normalized spacial score (nSPS) is 16.4. The lowest BCUT2D eigenvalue weighted by molar-refractivity contribution is -0.131. The summed E-state index contributed by atoms with van der Waals surface area (Å²) in [6, 6.07) is 0. The number of carbonyl (C=O) groups is 1. The second kappa shape index (κ2) is 8.44. The van der Waals surface area contributed by atoms with Gasteiger partial charge in [0.2, 0.25) is 5.91 Å². The molecule has 21 heavy (non-hydrogen) atoms. The molecule has 0 bridgehead atoms. The molecule has 1 aliphatic heterocycles. The van der Waals surface area contributed by atoms with Crippen LogP contribution >= 0.6 is 0 Å². The van der Waals surface area contributed by atoms with Crippen LogP contribution in [0.3, 0.4) is 0 Å². The monoisotopic (exact) mass is 310 g/mol. The van der Waals surface area contributed by atoms with E-state index < -0.39 is 11.2 Å². The molecular weight excluding hydrogens is 286 g/mol. The number of hydrogen-bond acceptors (Lipinski definition) is 3. The predicted molar refractivity (Wildman–Crippen MR) is 83.3 cm³/mol. The van der Waals surface area contributed by atoms with Crippen molar-refractivity contribution in [3.8, 4) is 0 Å². The van der Waals surface area contributed by atoms with Crippen molar-refractivity contribution in [2.24, 2.45) is 0 Å². The van der Waals surface area contributed by atoms with Gasteiger partial charge in [0.05, 0.1) is 13.1 Å². The number of unbranched alkanes of at least 4 members (excludes halogenated alkanes) is 3. The van der Waals surface area contributed by atoms with Crippen LogP contribution in [0.15, 0.2) is 6.20 Å². The first kappa shape index (κ1) is 16.4. The number of hydrogen-bond donors (Lipinski definition) is 0. The van der Waals surface area contributed by atoms with Gasteiger partial charge in [-0.3, -0.25) is 4.79 Å². The molecule has 0 aliphatic carbocycles. The van der Waals surface area contributed by atoms with Crippen LogP contribution < -0.4 is 0 Å². The molecule has 1 aliphatic rings. The van der Waals surface area contributed by atoms with Crippen molar-refractivity contribution in [1.29, 1.82) is 0 Å². The van der Waals surface area contributed by atoms with Gasteiger partial charge >= 0.3 is 0 Å². The van der Waals surface area contributed by atoms with Crippen LogP contribution in [0.2, 0.25) is 0 Å². The van der Waals surface area contributed by atoms with Crippen LogP contribution in [0.25, 0.3) is 0 Å². The third kappa shape index (κ3) is 5.36. The van der Waals surface area contributed by atoms with Gasteiger partial charge in [0.15, 0.2) is 0 Å². The summed E-state index contributed by atoms with van der Waals surface area (Å²) in [5.41, 5.74) is 0.